The summed E-state index contributed by atoms with van der Waals surface area (Å²) in [6, 6.07) is 4.49. The van der Waals surface area contributed by atoms with Crippen LogP contribution in [0.25, 0.3) is 12.2 Å². The van der Waals surface area contributed by atoms with Crippen molar-refractivity contribution < 1.29 is 46.7 Å². The summed E-state index contributed by atoms with van der Waals surface area (Å²) in [5, 5.41) is 29.5. The number of halogens is 5. The van der Waals surface area contributed by atoms with Crippen molar-refractivity contribution in [3.8, 4) is 5.75 Å². The molecule has 1 saturated heterocycles. The van der Waals surface area contributed by atoms with Crippen LogP contribution in [-0.4, -0.2) is 52.6 Å². The highest BCUT2D eigenvalue weighted by Gasteiger charge is 2.44. The molecule has 0 unspecified atom stereocenters. The Morgan fingerprint density at radius 3 is 2.44 bits per heavy atom. The Balaban J connectivity index is 1.92. The van der Waals surface area contributed by atoms with E-state index in [0.717, 1.165) is 24.3 Å². The van der Waals surface area contributed by atoms with Crippen molar-refractivity contribution in [1.82, 2.24) is 0 Å². The van der Waals surface area contributed by atoms with Crippen LogP contribution in [0, 0.1) is 11.6 Å². The lowest BCUT2D eigenvalue weighted by Gasteiger charge is -2.40. The molecule has 11 heteroatoms. The monoisotopic (exact) mass is 461 g/mol. The van der Waals surface area contributed by atoms with E-state index in [-0.39, 0.29) is 11.1 Å². The van der Waals surface area contributed by atoms with Gasteiger partial charge in [-0.2, -0.15) is 13.2 Å². The first-order valence-corrected chi connectivity index (χ1v) is 9.40. The third-order valence-electron chi connectivity index (χ3n) is 4.88. The Hall–Kier alpha value is -2.57. The van der Waals surface area contributed by atoms with Crippen molar-refractivity contribution in [2.45, 2.75) is 36.8 Å². The van der Waals surface area contributed by atoms with Gasteiger partial charge in [-0.15, -0.1) is 0 Å². The number of rotatable bonds is 5. The Bertz CT molecular complexity index is 982. The molecule has 0 bridgehead atoms. The van der Waals surface area contributed by atoms with Gasteiger partial charge in [0.25, 0.3) is 0 Å². The Morgan fingerprint density at radius 2 is 1.78 bits per heavy atom. The van der Waals surface area contributed by atoms with Crippen LogP contribution in [0.15, 0.2) is 36.4 Å². The number of aliphatic hydroxyl groups excluding tert-OH is 3. The fourth-order valence-electron chi connectivity index (χ4n) is 3.16. The molecule has 0 aliphatic carbocycles. The first kappa shape index (κ1) is 24.1. The molecule has 2 aromatic rings. The normalized spacial score (nSPS) is 26.5. The summed E-state index contributed by atoms with van der Waals surface area (Å²) < 4.78 is 77.5. The van der Waals surface area contributed by atoms with Gasteiger partial charge in [0.15, 0.2) is 11.6 Å². The zero-order chi connectivity index (χ0) is 23.6. The van der Waals surface area contributed by atoms with E-state index in [4.69, 9.17) is 15.2 Å². The van der Waals surface area contributed by atoms with E-state index in [1.54, 1.807) is 0 Å². The van der Waals surface area contributed by atoms with Crippen molar-refractivity contribution in [2.24, 2.45) is 5.73 Å². The lowest BCUT2D eigenvalue weighted by Crippen LogP contribution is -2.63. The highest BCUT2D eigenvalue weighted by molar-refractivity contribution is 5.73. The molecule has 1 fully saturated rings. The molecular weight excluding hydrogens is 441 g/mol. The molecule has 0 amide bonds. The maximum atomic E-state index is 14.5. The van der Waals surface area contributed by atoms with Crippen LogP contribution in [0.1, 0.15) is 16.7 Å². The molecule has 2 aromatic carbocycles. The molecule has 0 saturated carbocycles. The lowest BCUT2D eigenvalue weighted by atomic mass is 9.97. The van der Waals surface area contributed by atoms with Crippen molar-refractivity contribution >= 4 is 12.2 Å². The van der Waals surface area contributed by atoms with Crippen LogP contribution in [0.3, 0.4) is 0 Å². The summed E-state index contributed by atoms with van der Waals surface area (Å²) >= 11 is 0. The molecule has 3 rings (SSSR count). The minimum Gasteiger partial charge on any atom is -0.458 e. The molecule has 5 N–H and O–H groups in total. The first-order valence-electron chi connectivity index (χ1n) is 9.40. The quantitative estimate of drug-likeness (QED) is 0.403. The predicted octanol–water partition coefficient (Wildman–Crippen LogP) is 2.30. The third kappa shape index (κ3) is 5.25. The zero-order valence-corrected chi connectivity index (χ0v) is 16.3. The third-order valence-corrected chi connectivity index (χ3v) is 4.88. The maximum Gasteiger partial charge on any atom is 0.416 e. The van der Waals surface area contributed by atoms with Gasteiger partial charge in [-0.3, -0.25) is 0 Å². The predicted molar refractivity (Wildman–Crippen MR) is 103 cm³/mol. The summed E-state index contributed by atoms with van der Waals surface area (Å²) in [4.78, 5) is 0. The molecular formula is C21H20F5NO5. The Labute approximate surface area is 179 Å². The van der Waals surface area contributed by atoms with Crippen LogP contribution >= 0.6 is 0 Å². The highest BCUT2D eigenvalue weighted by Crippen LogP contribution is 2.32. The second kappa shape index (κ2) is 9.51. The molecule has 0 radical (unpaired) electrons. The average molecular weight is 461 g/mol. The number of nitrogens with two attached hydrogens (primary N) is 1. The van der Waals surface area contributed by atoms with Crippen molar-refractivity contribution in [3.63, 3.8) is 0 Å². The summed E-state index contributed by atoms with van der Waals surface area (Å²) in [6.45, 7) is -0.626. The van der Waals surface area contributed by atoms with E-state index in [1.165, 1.54) is 18.2 Å². The first-order chi connectivity index (χ1) is 15.0. The molecule has 0 aromatic heterocycles. The lowest BCUT2D eigenvalue weighted by molar-refractivity contribution is -0.248. The SMILES string of the molecule is N[C@H]1[C@H](O)[C@@H](O)[C@H](Oc2c(F)cc(F)cc2/C=C/c2cccc(C(F)(F)F)c2)O[C@@H]1CO. The van der Waals surface area contributed by atoms with Gasteiger partial charge in [-0.1, -0.05) is 24.3 Å². The van der Waals surface area contributed by atoms with Gasteiger partial charge in [0.1, 0.15) is 24.1 Å². The van der Waals surface area contributed by atoms with Gasteiger partial charge < -0.3 is 30.5 Å². The summed E-state index contributed by atoms with van der Waals surface area (Å²) in [5.74, 6) is -2.76. The largest absolute Gasteiger partial charge is 0.458 e. The van der Waals surface area contributed by atoms with Crippen LogP contribution in [0.5, 0.6) is 5.75 Å². The van der Waals surface area contributed by atoms with Gasteiger partial charge >= 0.3 is 6.18 Å². The van der Waals surface area contributed by atoms with E-state index < -0.39 is 66.4 Å². The summed E-state index contributed by atoms with van der Waals surface area (Å²) in [7, 11) is 0. The Kier molecular flexibility index (Phi) is 7.16. The van der Waals surface area contributed by atoms with Gasteiger partial charge in [-0.25, -0.2) is 8.78 Å². The van der Waals surface area contributed by atoms with E-state index in [0.29, 0.717) is 6.07 Å². The van der Waals surface area contributed by atoms with E-state index in [2.05, 4.69) is 0 Å². The summed E-state index contributed by atoms with van der Waals surface area (Å²) in [5.41, 5.74) is 4.64. The van der Waals surface area contributed by atoms with E-state index in [1.807, 2.05) is 0 Å². The number of aliphatic hydroxyl groups is 3. The number of hydrogen-bond donors (Lipinski definition) is 4. The minimum absolute atomic E-state index is 0.103. The number of alkyl halides is 3. The number of hydrogen-bond acceptors (Lipinski definition) is 6. The molecule has 1 heterocycles. The molecule has 1 aliphatic rings. The number of benzene rings is 2. The van der Waals surface area contributed by atoms with Crippen molar-refractivity contribution in [2.75, 3.05) is 6.61 Å². The number of ether oxygens (including phenoxy) is 2. The van der Waals surface area contributed by atoms with Crippen molar-refractivity contribution in [3.05, 3.63) is 64.7 Å². The molecule has 5 atom stereocenters. The minimum atomic E-state index is -4.57. The smallest absolute Gasteiger partial charge is 0.416 e. The van der Waals surface area contributed by atoms with Crippen LogP contribution < -0.4 is 10.5 Å². The molecule has 174 valence electrons. The topological polar surface area (TPSA) is 105 Å². The molecule has 32 heavy (non-hydrogen) atoms. The summed E-state index contributed by atoms with van der Waals surface area (Å²) in [6.07, 6.45) is -8.35. The van der Waals surface area contributed by atoms with Crippen LogP contribution in [0.2, 0.25) is 0 Å². The Morgan fingerprint density at radius 1 is 1.06 bits per heavy atom. The van der Waals surface area contributed by atoms with Gasteiger partial charge in [0.2, 0.25) is 6.29 Å². The van der Waals surface area contributed by atoms with Gasteiger partial charge in [0, 0.05) is 11.6 Å². The second-order valence-corrected chi connectivity index (χ2v) is 7.16. The fourth-order valence-corrected chi connectivity index (χ4v) is 3.16. The highest BCUT2D eigenvalue weighted by atomic mass is 19.4. The maximum absolute atomic E-state index is 14.5. The van der Waals surface area contributed by atoms with Crippen LogP contribution in [-0.2, 0) is 10.9 Å². The van der Waals surface area contributed by atoms with Gasteiger partial charge in [-0.05, 0) is 23.8 Å². The zero-order valence-electron chi connectivity index (χ0n) is 16.3. The second-order valence-electron chi connectivity index (χ2n) is 7.16. The van der Waals surface area contributed by atoms with E-state index >= 15 is 0 Å². The van der Waals surface area contributed by atoms with Crippen LogP contribution in [0.4, 0.5) is 22.0 Å². The molecule has 0 spiro atoms. The van der Waals surface area contributed by atoms with Crippen molar-refractivity contribution in [1.29, 1.82) is 0 Å². The van der Waals surface area contributed by atoms with Gasteiger partial charge in [0.05, 0.1) is 18.2 Å². The fraction of sp³-hybridized carbons (Fsp3) is 0.333. The standard InChI is InChI=1S/C21H20F5NO5/c22-13-7-11(5-4-10-2-1-3-12(6-10)21(24,25)26)19(14(23)8-13)32-20-18(30)17(29)16(27)15(9-28)31-20/h1-8,15-18,20,28-30H,9,27H2/b5-4+/t15-,16-,17+,18-,20+/m1/s1. The molecule has 1 aliphatic heterocycles. The average Bonchev–Trinajstić information content (AvgIpc) is 2.73. The van der Waals surface area contributed by atoms with E-state index in [9.17, 15) is 37.3 Å². The molecule has 6 nitrogen and oxygen atoms in total.